The maximum atomic E-state index is 15.7. The van der Waals surface area contributed by atoms with Crippen molar-refractivity contribution < 1.29 is 23.0 Å². The third kappa shape index (κ3) is 5.08. The summed E-state index contributed by atoms with van der Waals surface area (Å²) in [6.07, 6.45) is 2.18. The molecule has 0 saturated heterocycles. The van der Waals surface area contributed by atoms with Crippen LogP contribution in [0.3, 0.4) is 0 Å². The minimum absolute atomic E-state index is 0.0155. The molecule has 0 bridgehead atoms. The van der Waals surface area contributed by atoms with E-state index in [1.54, 1.807) is 18.3 Å². The number of hydrogen-bond donors (Lipinski definition) is 2. The number of aliphatic hydroxyl groups is 1. The van der Waals surface area contributed by atoms with Gasteiger partial charge in [0.15, 0.2) is 0 Å². The van der Waals surface area contributed by atoms with Crippen molar-refractivity contribution in [1.29, 1.82) is 0 Å². The van der Waals surface area contributed by atoms with Gasteiger partial charge in [-0.25, -0.2) is 13.2 Å². The van der Waals surface area contributed by atoms with Crippen LogP contribution in [-0.2, 0) is 19.6 Å². The van der Waals surface area contributed by atoms with Crippen LogP contribution in [0.15, 0.2) is 54.7 Å². The molecular formula is C29H30F3N3O2. The van der Waals surface area contributed by atoms with Gasteiger partial charge in [-0.15, -0.1) is 0 Å². The number of halogens is 3. The predicted molar refractivity (Wildman–Crippen MR) is 136 cm³/mol. The third-order valence-corrected chi connectivity index (χ3v) is 6.86. The van der Waals surface area contributed by atoms with Crippen LogP contribution < -0.4 is 4.74 Å². The van der Waals surface area contributed by atoms with Crippen molar-refractivity contribution >= 4 is 10.9 Å². The van der Waals surface area contributed by atoms with Gasteiger partial charge in [-0.3, -0.25) is 9.88 Å². The highest BCUT2D eigenvalue weighted by atomic mass is 19.1. The summed E-state index contributed by atoms with van der Waals surface area (Å²) in [6, 6.07) is 12.5. The molecule has 0 amide bonds. The lowest BCUT2D eigenvalue weighted by molar-refractivity contribution is 0.0642. The lowest BCUT2D eigenvalue weighted by Crippen LogP contribution is -2.48. The van der Waals surface area contributed by atoms with E-state index in [-0.39, 0.29) is 37.1 Å². The molecule has 4 aromatic rings. The van der Waals surface area contributed by atoms with E-state index >= 15 is 8.78 Å². The number of alkyl halides is 1. The Kier molecular flexibility index (Phi) is 6.72. The quantitative estimate of drug-likeness (QED) is 0.321. The number of aliphatic hydroxyl groups excluding tert-OH is 1. The number of nitrogens with zero attached hydrogens (tertiary/aromatic N) is 2. The summed E-state index contributed by atoms with van der Waals surface area (Å²) in [7, 11) is 0. The molecule has 1 aliphatic rings. The fourth-order valence-electron chi connectivity index (χ4n) is 5.20. The minimum Gasteiger partial charge on any atom is -0.489 e. The number of pyridine rings is 1. The van der Waals surface area contributed by atoms with Gasteiger partial charge in [-0.05, 0) is 44.9 Å². The van der Waals surface area contributed by atoms with Crippen LogP contribution in [-0.4, -0.2) is 38.2 Å². The van der Waals surface area contributed by atoms with E-state index in [0.717, 1.165) is 16.5 Å². The summed E-state index contributed by atoms with van der Waals surface area (Å²) in [5.74, 6) is -1.47. The Morgan fingerprint density at radius 1 is 1.14 bits per heavy atom. The number of para-hydroxylation sites is 1. The first-order valence-electron chi connectivity index (χ1n) is 12.3. The second-order valence-corrected chi connectivity index (χ2v) is 10.3. The number of fused-ring (bicyclic) bond motifs is 3. The maximum Gasteiger partial charge on any atom is 0.135 e. The summed E-state index contributed by atoms with van der Waals surface area (Å²) in [6.45, 7) is 4.82. The zero-order valence-electron chi connectivity index (χ0n) is 21.1. The highest BCUT2D eigenvalue weighted by Gasteiger charge is 2.41. The number of nitrogens with one attached hydrogen (secondary N) is 1. The van der Waals surface area contributed by atoms with Crippen molar-refractivity contribution in [1.82, 2.24) is 14.9 Å². The molecule has 0 radical (unpaired) electrons. The summed E-state index contributed by atoms with van der Waals surface area (Å²) in [5, 5.41) is 10.1. The normalized spacial score (nSPS) is 18.2. The molecule has 2 atom stereocenters. The highest BCUT2D eigenvalue weighted by Crippen LogP contribution is 2.43. The van der Waals surface area contributed by atoms with E-state index in [2.05, 4.69) is 9.97 Å². The van der Waals surface area contributed by atoms with Crippen molar-refractivity contribution in [3.8, 4) is 5.75 Å². The van der Waals surface area contributed by atoms with Crippen molar-refractivity contribution in [2.75, 3.05) is 6.54 Å². The molecule has 8 heteroatoms. The van der Waals surface area contributed by atoms with Crippen molar-refractivity contribution in [2.24, 2.45) is 0 Å². The molecule has 0 spiro atoms. The molecule has 0 saturated carbocycles. The number of hydrogen-bond acceptors (Lipinski definition) is 4. The first-order chi connectivity index (χ1) is 17.6. The molecule has 0 unspecified atom stereocenters. The molecule has 5 rings (SSSR count). The molecule has 3 heterocycles. The Balaban J connectivity index is 1.53. The van der Waals surface area contributed by atoms with Gasteiger partial charge in [-0.1, -0.05) is 24.3 Å². The Bertz CT molecular complexity index is 1390. The number of aromatic amines is 1. The Morgan fingerprint density at radius 2 is 1.86 bits per heavy atom. The van der Waals surface area contributed by atoms with Gasteiger partial charge in [0.05, 0.1) is 18.3 Å². The van der Waals surface area contributed by atoms with E-state index in [1.165, 1.54) is 26.0 Å². The molecule has 0 aliphatic carbocycles. The first-order valence-corrected chi connectivity index (χ1v) is 12.3. The average Bonchev–Trinajstić information content (AvgIpc) is 3.21. The largest absolute Gasteiger partial charge is 0.489 e. The number of H-pyrrole nitrogens is 1. The van der Waals surface area contributed by atoms with Crippen molar-refractivity contribution in [3.63, 3.8) is 0 Å². The molecule has 2 aromatic carbocycles. The number of rotatable bonds is 7. The monoisotopic (exact) mass is 509 g/mol. The predicted octanol–water partition coefficient (Wildman–Crippen LogP) is 6.00. The van der Waals surface area contributed by atoms with Gasteiger partial charge >= 0.3 is 0 Å². The van der Waals surface area contributed by atoms with Crippen molar-refractivity contribution in [2.45, 2.75) is 58.2 Å². The Morgan fingerprint density at radius 3 is 2.51 bits per heavy atom. The Labute approximate surface area is 213 Å². The van der Waals surface area contributed by atoms with Crippen LogP contribution in [0.4, 0.5) is 13.2 Å². The van der Waals surface area contributed by atoms with Crippen LogP contribution in [0.1, 0.15) is 54.9 Å². The second-order valence-electron chi connectivity index (χ2n) is 10.3. The Hall–Kier alpha value is -3.36. The van der Waals surface area contributed by atoms with Gasteiger partial charge in [-0.2, -0.15) is 0 Å². The molecule has 194 valence electrons. The number of aromatic nitrogens is 2. The molecule has 2 N–H and O–H groups in total. The van der Waals surface area contributed by atoms with Gasteiger partial charge in [0.2, 0.25) is 0 Å². The van der Waals surface area contributed by atoms with E-state index < -0.39 is 23.3 Å². The SMILES string of the molecule is C[C@@H]1Cc2c([nH]c3ccccc23)[C@@H](c2c(F)cc(OCc3ccc(CO)nc3)cc2F)N1CC(C)(C)F. The van der Waals surface area contributed by atoms with E-state index in [4.69, 9.17) is 9.84 Å². The molecule has 2 aromatic heterocycles. The van der Waals surface area contributed by atoms with Gasteiger partial charge < -0.3 is 14.8 Å². The lowest BCUT2D eigenvalue weighted by atomic mass is 9.87. The number of ether oxygens (including phenoxy) is 1. The summed E-state index contributed by atoms with van der Waals surface area (Å²) < 4.78 is 52.0. The highest BCUT2D eigenvalue weighted by molar-refractivity contribution is 5.85. The molecule has 5 nitrogen and oxygen atoms in total. The van der Waals surface area contributed by atoms with Gasteiger partial charge in [0.1, 0.15) is 29.7 Å². The topological polar surface area (TPSA) is 61.4 Å². The van der Waals surface area contributed by atoms with Crippen LogP contribution >= 0.6 is 0 Å². The van der Waals surface area contributed by atoms with E-state index in [0.29, 0.717) is 23.4 Å². The van der Waals surface area contributed by atoms with Crippen molar-refractivity contribution in [3.05, 3.63) is 94.4 Å². The molecule has 37 heavy (non-hydrogen) atoms. The van der Waals surface area contributed by atoms with Crippen LogP contribution in [0.5, 0.6) is 5.75 Å². The summed E-state index contributed by atoms with van der Waals surface area (Å²) in [4.78, 5) is 9.30. The van der Waals surface area contributed by atoms with Gasteiger partial charge in [0, 0.05) is 58.6 Å². The van der Waals surface area contributed by atoms with Crippen LogP contribution in [0, 0.1) is 11.6 Å². The zero-order valence-corrected chi connectivity index (χ0v) is 21.1. The summed E-state index contributed by atoms with van der Waals surface area (Å²) >= 11 is 0. The zero-order chi connectivity index (χ0) is 26.3. The third-order valence-electron chi connectivity index (χ3n) is 6.86. The molecule has 0 fully saturated rings. The fourth-order valence-corrected chi connectivity index (χ4v) is 5.20. The van der Waals surface area contributed by atoms with Crippen LogP contribution in [0.2, 0.25) is 0 Å². The van der Waals surface area contributed by atoms with Gasteiger partial charge in [0.25, 0.3) is 0 Å². The summed E-state index contributed by atoms with van der Waals surface area (Å²) in [5.41, 5.74) is 2.08. The fraction of sp³-hybridized carbons (Fsp3) is 0.345. The minimum atomic E-state index is -1.56. The smallest absolute Gasteiger partial charge is 0.135 e. The number of benzene rings is 2. The standard InChI is InChI=1S/C29H30F3N3O2/c1-17-10-22-21-6-4-5-7-25(21)34-27(22)28(35(17)16-29(2,3)32)26-23(30)11-20(12-24(26)31)37-15-18-8-9-19(14-36)33-13-18/h4-9,11-13,17,28,34,36H,10,14-16H2,1-3H3/t17-,28-/m1/s1. The van der Waals surface area contributed by atoms with E-state index in [1.807, 2.05) is 36.1 Å². The molecular weight excluding hydrogens is 479 g/mol. The average molecular weight is 510 g/mol. The second kappa shape index (κ2) is 9.84. The first kappa shape index (κ1) is 25.3. The molecule has 1 aliphatic heterocycles. The van der Waals surface area contributed by atoms with Crippen LogP contribution in [0.25, 0.3) is 10.9 Å². The van der Waals surface area contributed by atoms with E-state index in [9.17, 15) is 4.39 Å². The maximum absolute atomic E-state index is 15.7. The lowest BCUT2D eigenvalue weighted by Gasteiger charge is -2.43.